The van der Waals surface area contributed by atoms with Crippen molar-refractivity contribution in [3.05, 3.63) is 17.2 Å². The summed E-state index contributed by atoms with van der Waals surface area (Å²) in [7, 11) is 5.78. The Morgan fingerprint density at radius 1 is 1.05 bits per heavy atom. The normalized spacial score (nSPS) is 17.0. The maximum absolute atomic E-state index is 12.4. The van der Waals surface area contributed by atoms with Gasteiger partial charge in [-0.2, -0.15) is 0 Å². The molecular weight excluding hydrogens is 276 g/mol. The molecule has 1 aliphatic rings. The second-order valence-corrected chi connectivity index (χ2v) is 4.73. The van der Waals surface area contributed by atoms with Crippen molar-refractivity contribution in [2.75, 3.05) is 28.4 Å². The average Bonchev–Trinajstić information content (AvgIpc) is 2.51. The van der Waals surface area contributed by atoms with Gasteiger partial charge in [-0.1, -0.05) is 0 Å². The zero-order valence-corrected chi connectivity index (χ0v) is 12.5. The van der Waals surface area contributed by atoms with Gasteiger partial charge in [-0.3, -0.25) is 9.59 Å². The molecule has 0 amide bonds. The number of methoxy groups -OCH3 is 4. The van der Waals surface area contributed by atoms with E-state index in [1.165, 1.54) is 28.4 Å². The smallest absolute Gasteiger partial charge is 0.309 e. The van der Waals surface area contributed by atoms with Crippen molar-refractivity contribution in [2.45, 2.75) is 12.8 Å². The van der Waals surface area contributed by atoms with Crippen LogP contribution in [0.15, 0.2) is 6.07 Å². The van der Waals surface area contributed by atoms with Gasteiger partial charge in [-0.15, -0.1) is 0 Å². The summed E-state index contributed by atoms with van der Waals surface area (Å²) in [6.07, 6.45) is 0.510. The molecule has 0 spiro atoms. The minimum Gasteiger partial charge on any atom is -0.493 e. The standard InChI is InChI=1S/C15H18O6/c1-18-11-7-8-5-9(15(17)21-4)6-10(16)12(8)14(20-3)13(11)19-2/h7,9H,5-6H2,1-4H3. The summed E-state index contributed by atoms with van der Waals surface area (Å²) in [5, 5.41) is 0. The Kier molecular flexibility index (Phi) is 4.35. The summed E-state index contributed by atoms with van der Waals surface area (Å²) in [5.74, 6) is 0.167. The SMILES string of the molecule is COC(=O)C1CC(=O)c2c(cc(OC)c(OC)c2OC)C1. The van der Waals surface area contributed by atoms with Crippen LogP contribution in [0.3, 0.4) is 0 Å². The first kappa shape index (κ1) is 15.2. The first-order valence-electron chi connectivity index (χ1n) is 6.50. The second-order valence-electron chi connectivity index (χ2n) is 4.73. The van der Waals surface area contributed by atoms with Crippen LogP contribution < -0.4 is 14.2 Å². The van der Waals surface area contributed by atoms with Crippen LogP contribution in [-0.2, 0) is 16.0 Å². The van der Waals surface area contributed by atoms with Crippen LogP contribution >= 0.6 is 0 Å². The molecule has 0 saturated heterocycles. The Balaban J connectivity index is 2.57. The van der Waals surface area contributed by atoms with Gasteiger partial charge in [0.1, 0.15) is 0 Å². The van der Waals surface area contributed by atoms with Gasteiger partial charge in [0.15, 0.2) is 17.3 Å². The molecule has 2 rings (SSSR count). The van der Waals surface area contributed by atoms with Crippen LogP contribution in [0.4, 0.5) is 0 Å². The molecule has 1 aromatic carbocycles. The molecule has 6 heteroatoms. The minimum absolute atomic E-state index is 0.103. The highest BCUT2D eigenvalue weighted by Gasteiger charge is 2.35. The number of ketones is 1. The highest BCUT2D eigenvalue weighted by Crippen LogP contribution is 2.45. The number of hydrogen-bond acceptors (Lipinski definition) is 6. The summed E-state index contributed by atoms with van der Waals surface area (Å²) >= 11 is 0. The summed E-state index contributed by atoms with van der Waals surface area (Å²) in [6.45, 7) is 0. The molecule has 0 bridgehead atoms. The van der Waals surface area contributed by atoms with Crippen molar-refractivity contribution in [3.63, 3.8) is 0 Å². The molecule has 0 aliphatic heterocycles. The molecular formula is C15H18O6. The highest BCUT2D eigenvalue weighted by atomic mass is 16.5. The van der Waals surface area contributed by atoms with E-state index in [4.69, 9.17) is 18.9 Å². The number of rotatable bonds is 4. The molecule has 0 fully saturated rings. The number of Topliss-reactive ketones (excluding diaryl/α,β-unsaturated/α-hetero) is 1. The molecule has 1 aromatic rings. The zero-order valence-electron chi connectivity index (χ0n) is 12.5. The molecule has 0 aromatic heterocycles. The lowest BCUT2D eigenvalue weighted by Gasteiger charge is -2.25. The Labute approximate surface area is 122 Å². The fraction of sp³-hybridized carbons (Fsp3) is 0.467. The van der Waals surface area contributed by atoms with Gasteiger partial charge in [0.2, 0.25) is 5.75 Å². The van der Waals surface area contributed by atoms with Crippen molar-refractivity contribution >= 4 is 11.8 Å². The predicted octanol–water partition coefficient (Wildman–Crippen LogP) is 1.63. The van der Waals surface area contributed by atoms with Gasteiger partial charge in [0.25, 0.3) is 0 Å². The molecule has 0 radical (unpaired) electrons. The van der Waals surface area contributed by atoms with Gasteiger partial charge in [-0.25, -0.2) is 0 Å². The fourth-order valence-electron chi connectivity index (χ4n) is 2.67. The Bertz CT molecular complexity index is 578. The summed E-state index contributed by atoms with van der Waals surface area (Å²) in [4.78, 5) is 24.1. The molecule has 114 valence electrons. The number of ether oxygens (including phenoxy) is 4. The largest absolute Gasteiger partial charge is 0.493 e. The van der Waals surface area contributed by atoms with E-state index in [-0.39, 0.29) is 18.2 Å². The monoisotopic (exact) mass is 294 g/mol. The number of benzene rings is 1. The summed E-state index contributed by atoms with van der Waals surface area (Å²) < 4.78 is 20.6. The van der Waals surface area contributed by atoms with Crippen LogP contribution in [0.1, 0.15) is 22.3 Å². The maximum Gasteiger partial charge on any atom is 0.309 e. The Morgan fingerprint density at radius 2 is 1.71 bits per heavy atom. The molecule has 6 nitrogen and oxygen atoms in total. The van der Waals surface area contributed by atoms with E-state index in [0.717, 1.165) is 0 Å². The van der Waals surface area contributed by atoms with Crippen LogP contribution in [0, 0.1) is 5.92 Å². The molecule has 1 atom stereocenters. The topological polar surface area (TPSA) is 71.1 Å². The van der Waals surface area contributed by atoms with Crippen LogP contribution in [-0.4, -0.2) is 40.2 Å². The number of esters is 1. The lowest BCUT2D eigenvalue weighted by molar-refractivity contribution is -0.145. The summed E-state index contributed by atoms with van der Waals surface area (Å²) in [6, 6.07) is 1.71. The third-order valence-electron chi connectivity index (χ3n) is 3.62. The minimum atomic E-state index is -0.474. The molecule has 1 aliphatic carbocycles. The van der Waals surface area contributed by atoms with Crippen molar-refractivity contribution in [1.29, 1.82) is 0 Å². The van der Waals surface area contributed by atoms with Gasteiger partial charge >= 0.3 is 5.97 Å². The molecule has 21 heavy (non-hydrogen) atoms. The highest BCUT2D eigenvalue weighted by molar-refractivity contribution is 6.04. The van der Waals surface area contributed by atoms with Crippen molar-refractivity contribution in [2.24, 2.45) is 5.92 Å². The first-order valence-corrected chi connectivity index (χ1v) is 6.50. The van der Waals surface area contributed by atoms with Gasteiger partial charge in [0.05, 0.1) is 39.9 Å². The lowest BCUT2D eigenvalue weighted by atomic mass is 9.82. The van der Waals surface area contributed by atoms with Crippen LogP contribution in [0.25, 0.3) is 0 Å². The average molecular weight is 294 g/mol. The van der Waals surface area contributed by atoms with E-state index in [9.17, 15) is 9.59 Å². The Hall–Kier alpha value is -2.24. The van der Waals surface area contributed by atoms with Crippen molar-refractivity contribution in [1.82, 2.24) is 0 Å². The molecule has 0 heterocycles. The molecule has 1 unspecified atom stereocenters. The quantitative estimate of drug-likeness (QED) is 0.786. The molecule has 0 saturated carbocycles. The van der Waals surface area contributed by atoms with E-state index < -0.39 is 5.92 Å². The predicted molar refractivity (Wildman–Crippen MR) is 74.3 cm³/mol. The van der Waals surface area contributed by atoms with Gasteiger partial charge in [0, 0.05) is 6.42 Å². The lowest BCUT2D eigenvalue weighted by Crippen LogP contribution is -2.28. The second kappa shape index (κ2) is 6.03. The zero-order chi connectivity index (χ0) is 15.6. The van der Waals surface area contributed by atoms with E-state index in [1.54, 1.807) is 6.07 Å². The molecule has 0 N–H and O–H groups in total. The van der Waals surface area contributed by atoms with E-state index in [1.807, 2.05) is 0 Å². The van der Waals surface area contributed by atoms with E-state index >= 15 is 0 Å². The van der Waals surface area contributed by atoms with Crippen LogP contribution in [0.5, 0.6) is 17.2 Å². The third kappa shape index (κ3) is 2.53. The van der Waals surface area contributed by atoms with Gasteiger partial charge in [-0.05, 0) is 18.1 Å². The number of carbonyl (C=O) groups is 2. The van der Waals surface area contributed by atoms with Crippen molar-refractivity contribution in [3.8, 4) is 17.2 Å². The van der Waals surface area contributed by atoms with Crippen LogP contribution in [0.2, 0.25) is 0 Å². The Morgan fingerprint density at radius 3 is 2.24 bits per heavy atom. The first-order chi connectivity index (χ1) is 10.1. The fourth-order valence-corrected chi connectivity index (χ4v) is 2.67. The third-order valence-corrected chi connectivity index (χ3v) is 3.62. The van der Waals surface area contributed by atoms with E-state index in [2.05, 4.69) is 0 Å². The number of hydrogen-bond donors (Lipinski definition) is 0. The summed E-state index contributed by atoms with van der Waals surface area (Å²) in [5.41, 5.74) is 1.16. The van der Waals surface area contributed by atoms with E-state index in [0.29, 0.717) is 34.8 Å². The van der Waals surface area contributed by atoms with Crippen molar-refractivity contribution < 1.29 is 28.5 Å². The van der Waals surface area contributed by atoms with Gasteiger partial charge < -0.3 is 18.9 Å². The number of fused-ring (bicyclic) bond motifs is 1. The number of carbonyl (C=O) groups excluding carboxylic acids is 2. The maximum atomic E-state index is 12.4.